The van der Waals surface area contributed by atoms with Crippen molar-refractivity contribution >= 4 is 23.2 Å². The van der Waals surface area contributed by atoms with Crippen LogP contribution in [-0.2, 0) is 14.3 Å². The fourth-order valence-corrected chi connectivity index (χ4v) is 3.26. The van der Waals surface area contributed by atoms with Crippen molar-refractivity contribution in [2.45, 2.75) is 18.9 Å². The zero-order chi connectivity index (χ0) is 17.2. The van der Waals surface area contributed by atoms with Crippen molar-refractivity contribution in [1.82, 2.24) is 5.32 Å². The Hall–Kier alpha value is -2.18. The lowest BCUT2D eigenvalue weighted by Gasteiger charge is -2.14. The number of ether oxygens (including phenoxy) is 1. The summed E-state index contributed by atoms with van der Waals surface area (Å²) < 4.78 is 4.57. The molecule has 2 rings (SSSR count). The molecule has 24 heavy (non-hydrogen) atoms. The van der Waals surface area contributed by atoms with E-state index in [9.17, 15) is 9.59 Å². The fraction of sp³-hybridized carbons (Fsp3) is 0.333. The van der Waals surface area contributed by atoms with E-state index in [2.05, 4.69) is 28.3 Å². The Morgan fingerprint density at radius 1 is 1.21 bits per heavy atom. The van der Waals surface area contributed by atoms with E-state index < -0.39 is 0 Å². The van der Waals surface area contributed by atoms with Gasteiger partial charge in [0.05, 0.1) is 12.0 Å². The normalized spacial score (nSPS) is 11.7. The number of nitrogens with one attached hydrogen (secondary N) is 1. The first kappa shape index (κ1) is 18.2. The third-order valence-electron chi connectivity index (χ3n) is 3.65. The highest BCUT2D eigenvalue weighted by Crippen LogP contribution is 2.22. The number of rotatable bonds is 9. The minimum absolute atomic E-state index is 0.0302. The van der Waals surface area contributed by atoms with Gasteiger partial charge in [0.1, 0.15) is 6.04 Å². The summed E-state index contributed by atoms with van der Waals surface area (Å²) in [6.07, 6.45) is 0.910. The van der Waals surface area contributed by atoms with E-state index in [0.717, 1.165) is 0 Å². The smallest absolute Gasteiger partial charge is 0.305 e. The van der Waals surface area contributed by atoms with Crippen molar-refractivity contribution in [3.05, 3.63) is 58.3 Å². The summed E-state index contributed by atoms with van der Waals surface area (Å²) in [5.74, 6) is -0.282. The van der Waals surface area contributed by atoms with E-state index in [1.165, 1.54) is 17.6 Å². The number of thiophene rings is 1. The van der Waals surface area contributed by atoms with Gasteiger partial charge in [-0.2, -0.15) is 0 Å². The second-order valence-electron chi connectivity index (χ2n) is 5.37. The Bertz CT molecular complexity index is 629. The molecule has 6 heteroatoms. The molecular formula is C18H23N2O3S+. The second kappa shape index (κ2) is 9.85. The van der Waals surface area contributed by atoms with Crippen LogP contribution in [-0.4, -0.2) is 32.1 Å². The Labute approximate surface area is 146 Å². The topological polar surface area (TPSA) is 72.0 Å². The van der Waals surface area contributed by atoms with Crippen LogP contribution in [0.15, 0.2) is 47.8 Å². The van der Waals surface area contributed by atoms with E-state index >= 15 is 0 Å². The maximum atomic E-state index is 12.0. The minimum atomic E-state index is -0.252. The van der Waals surface area contributed by atoms with Crippen molar-refractivity contribution in [2.75, 3.05) is 20.2 Å². The van der Waals surface area contributed by atoms with E-state index in [1.807, 2.05) is 35.0 Å². The molecule has 0 bridgehead atoms. The predicted octanol–water partition coefficient (Wildman–Crippen LogP) is 1.47. The molecule has 0 saturated carbocycles. The molecule has 1 aromatic carbocycles. The summed E-state index contributed by atoms with van der Waals surface area (Å²) >= 11 is 1.69. The molecular weight excluding hydrogens is 324 g/mol. The van der Waals surface area contributed by atoms with E-state index in [1.54, 1.807) is 11.3 Å². The van der Waals surface area contributed by atoms with Gasteiger partial charge in [0.2, 0.25) is 0 Å². The molecule has 0 spiro atoms. The molecule has 5 nitrogen and oxygen atoms in total. The quantitative estimate of drug-likeness (QED) is 0.533. The third kappa shape index (κ3) is 5.79. The molecule has 0 unspecified atom stereocenters. The Kier molecular flexibility index (Phi) is 7.45. The van der Waals surface area contributed by atoms with Crippen molar-refractivity contribution in [2.24, 2.45) is 0 Å². The average Bonchev–Trinajstić information content (AvgIpc) is 3.14. The Morgan fingerprint density at radius 2 is 2.00 bits per heavy atom. The molecule has 2 aromatic rings. The van der Waals surface area contributed by atoms with Gasteiger partial charge in [-0.1, -0.05) is 36.4 Å². The lowest BCUT2D eigenvalue weighted by atomic mass is 10.1. The monoisotopic (exact) mass is 347 g/mol. The molecule has 1 amide bonds. The van der Waals surface area contributed by atoms with Crippen LogP contribution in [0.2, 0.25) is 0 Å². The Morgan fingerprint density at radius 3 is 2.67 bits per heavy atom. The van der Waals surface area contributed by atoms with Crippen molar-refractivity contribution < 1.29 is 19.6 Å². The summed E-state index contributed by atoms with van der Waals surface area (Å²) in [4.78, 5) is 24.2. The van der Waals surface area contributed by atoms with Gasteiger partial charge < -0.3 is 15.4 Å². The molecule has 0 aliphatic rings. The number of amides is 1. The standard InChI is InChI=1S/C18H22N2O3S/c1-23-17(22)10-5-11-19-16(21)13-20-18(15-9-6-12-24-15)14-7-3-2-4-8-14/h2-4,6-9,12,18,20H,5,10-11,13H2,1H3,(H,19,21)/p+1/t18-/m0/s1. The molecule has 0 fully saturated rings. The van der Waals surface area contributed by atoms with Crippen LogP contribution in [0, 0.1) is 0 Å². The highest BCUT2D eigenvalue weighted by molar-refractivity contribution is 7.10. The van der Waals surface area contributed by atoms with Gasteiger partial charge in [0.15, 0.2) is 6.54 Å². The van der Waals surface area contributed by atoms with Crippen LogP contribution in [0.4, 0.5) is 0 Å². The highest BCUT2D eigenvalue weighted by atomic mass is 32.1. The molecule has 1 heterocycles. The number of carbonyl (C=O) groups excluding carboxylic acids is 2. The number of esters is 1. The van der Waals surface area contributed by atoms with Crippen LogP contribution in [0.5, 0.6) is 0 Å². The zero-order valence-electron chi connectivity index (χ0n) is 13.7. The number of carbonyl (C=O) groups is 2. The Balaban J connectivity index is 1.83. The summed E-state index contributed by atoms with van der Waals surface area (Å²) in [6.45, 7) is 0.826. The number of methoxy groups -OCH3 is 1. The minimum Gasteiger partial charge on any atom is -0.469 e. The van der Waals surface area contributed by atoms with Gasteiger partial charge in [0.25, 0.3) is 5.91 Å². The highest BCUT2D eigenvalue weighted by Gasteiger charge is 2.19. The van der Waals surface area contributed by atoms with Gasteiger partial charge in [0, 0.05) is 18.5 Å². The van der Waals surface area contributed by atoms with Gasteiger partial charge in [-0.25, -0.2) is 0 Å². The molecule has 1 aromatic heterocycles. The van der Waals surface area contributed by atoms with E-state index in [-0.39, 0.29) is 17.9 Å². The van der Waals surface area contributed by atoms with E-state index in [4.69, 9.17) is 0 Å². The molecule has 0 radical (unpaired) electrons. The maximum Gasteiger partial charge on any atom is 0.305 e. The molecule has 0 aliphatic heterocycles. The molecule has 128 valence electrons. The first-order valence-electron chi connectivity index (χ1n) is 7.96. The zero-order valence-corrected chi connectivity index (χ0v) is 14.6. The molecule has 0 saturated heterocycles. The lowest BCUT2D eigenvalue weighted by Crippen LogP contribution is -2.87. The van der Waals surface area contributed by atoms with Crippen LogP contribution < -0.4 is 10.6 Å². The van der Waals surface area contributed by atoms with Gasteiger partial charge in [-0.05, 0) is 17.9 Å². The fourth-order valence-electron chi connectivity index (χ4n) is 2.40. The second-order valence-corrected chi connectivity index (χ2v) is 6.35. The summed E-state index contributed by atoms with van der Waals surface area (Å²) in [6, 6.07) is 14.4. The first-order valence-corrected chi connectivity index (χ1v) is 8.84. The van der Waals surface area contributed by atoms with Gasteiger partial charge in [-0.15, -0.1) is 11.3 Å². The first-order chi connectivity index (χ1) is 11.7. The van der Waals surface area contributed by atoms with Crippen molar-refractivity contribution in [1.29, 1.82) is 0 Å². The van der Waals surface area contributed by atoms with Crippen LogP contribution >= 0.6 is 11.3 Å². The van der Waals surface area contributed by atoms with Gasteiger partial charge >= 0.3 is 5.97 Å². The van der Waals surface area contributed by atoms with Gasteiger partial charge in [-0.3, -0.25) is 9.59 Å². The number of benzene rings is 1. The van der Waals surface area contributed by atoms with E-state index in [0.29, 0.717) is 25.9 Å². The molecule has 3 N–H and O–H groups in total. The lowest BCUT2D eigenvalue weighted by molar-refractivity contribution is -0.676. The van der Waals surface area contributed by atoms with Crippen LogP contribution in [0.1, 0.15) is 29.3 Å². The summed E-state index contributed by atoms with van der Waals surface area (Å²) in [5, 5.41) is 6.93. The summed E-state index contributed by atoms with van der Waals surface area (Å²) in [5.41, 5.74) is 1.18. The average molecular weight is 347 g/mol. The number of quaternary nitrogens is 1. The third-order valence-corrected chi connectivity index (χ3v) is 4.61. The number of hydrogen-bond acceptors (Lipinski definition) is 4. The number of hydrogen-bond donors (Lipinski definition) is 2. The number of nitrogens with two attached hydrogens (primary N) is 1. The predicted molar refractivity (Wildman–Crippen MR) is 93.7 cm³/mol. The van der Waals surface area contributed by atoms with Crippen molar-refractivity contribution in [3.63, 3.8) is 0 Å². The van der Waals surface area contributed by atoms with Crippen molar-refractivity contribution in [3.8, 4) is 0 Å². The molecule has 0 aliphatic carbocycles. The summed E-state index contributed by atoms with van der Waals surface area (Å²) in [7, 11) is 1.37. The maximum absolute atomic E-state index is 12.0. The largest absolute Gasteiger partial charge is 0.469 e. The van der Waals surface area contributed by atoms with Crippen LogP contribution in [0.25, 0.3) is 0 Å². The van der Waals surface area contributed by atoms with Crippen LogP contribution in [0.3, 0.4) is 0 Å². The molecule has 1 atom stereocenters. The SMILES string of the molecule is COC(=O)CCCNC(=O)C[NH2+][C@@H](c1ccccc1)c1cccs1.